The van der Waals surface area contributed by atoms with Gasteiger partial charge in [0.2, 0.25) is 5.91 Å². The highest BCUT2D eigenvalue weighted by Gasteiger charge is 2.05. The number of amides is 1. The van der Waals surface area contributed by atoms with Crippen molar-refractivity contribution in [3.05, 3.63) is 47.5 Å². The summed E-state index contributed by atoms with van der Waals surface area (Å²) in [6.45, 7) is 4.97. The van der Waals surface area contributed by atoms with E-state index >= 15 is 0 Å². The van der Waals surface area contributed by atoms with Crippen LogP contribution < -0.4 is 5.32 Å². The Morgan fingerprint density at radius 1 is 1.36 bits per heavy atom. The molecule has 0 radical (unpaired) electrons. The Kier molecular flexibility index (Phi) is 5.26. The molecule has 22 heavy (non-hydrogen) atoms. The van der Waals surface area contributed by atoms with Gasteiger partial charge >= 0.3 is 0 Å². The number of nitrogens with zero attached hydrogens (tertiary/aromatic N) is 4. The number of hydrogen-bond acceptors (Lipinski definition) is 4. The van der Waals surface area contributed by atoms with Crippen molar-refractivity contribution in [2.24, 2.45) is 0 Å². The van der Waals surface area contributed by atoms with Crippen LogP contribution in [0.15, 0.2) is 30.6 Å². The summed E-state index contributed by atoms with van der Waals surface area (Å²) in [5.41, 5.74) is 2.50. The van der Waals surface area contributed by atoms with Gasteiger partial charge in [-0.2, -0.15) is 5.26 Å². The van der Waals surface area contributed by atoms with Gasteiger partial charge in [0.25, 0.3) is 5.82 Å². The molecule has 0 bridgehead atoms. The van der Waals surface area contributed by atoms with Crippen molar-refractivity contribution in [1.82, 2.24) is 20.1 Å². The highest BCUT2D eigenvalue weighted by Crippen LogP contribution is 2.14. The van der Waals surface area contributed by atoms with E-state index in [1.165, 1.54) is 22.1 Å². The van der Waals surface area contributed by atoms with Crippen LogP contribution in [0, 0.1) is 11.3 Å². The van der Waals surface area contributed by atoms with E-state index in [4.69, 9.17) is 5.26 Å². The first kappa shape index (κ1) is 15.7. The highest BCUT2D eigenvalue weighted by atomic mass is 16.2. The fraction of sp³-hybridized carbons (Fsp3) is 0.375. The molecule has 0 spiro atoms. The lowest BCUT2D eigenvalue weighted by molar-refractivity contribution is -0.121. The number of benzene rings is 1. The summed E-state index contributed by atoms with van der Waals surface area (Å²) in [6.07, 6.45) is 2.16. The molecule has 1 amide bonds. The molecule has 0 aliphatic carbocycles. The first-order valence-electron chi connectivity index (χ1n) is 7.23. The van der Waals surface area contributed by atoms with Gasteiger partial charge in [-0.15, -0.1) is 5.10 Å². The smallest absolute Gasteiger partial charge is 0.252 e. The molecule has 6 nitrogen and oxygen atoms in total. The summed E-state index contributed by atoms with van der Waals surface area (Å²) < 4.78 is 1.35. The van der Waals surface area contributed by atoms with Crippen LogP contribution in [0.3, 0.4) is 0 Å². The van der Waals surface area contributed by atoms with Gasteiger partial charge in [0.05, 0.1) is 0 Å². The van der Waals surface area contributed by atoms with Crippen LogP contribution in [0.25, 0.3) is 0 Å². The minimum atomic E-state index is -0.145. The zero-order valence-electron chi connectivity index (χ0n) is 12.8. The average Bonchev–Trinajstić information content (AvgIpc) is 2.95. The molecular weight excluding hydrogens is 278 g/mol. The zero-order chi connectivity index (χ0) is 15.9. The summed E-state index contributed by atoms with van der Waals surface area (Å²) in [5.74, 6) is 0.445. The summed E-state index contributed by atoms with van der Waals surface area (Å²) in [7, 11) is 0. The fourth-order valence-electron chi connectivity index (χ4n) is 2.04. The van der Waals surface area contributed by atoms with E-state index in [1.54, 1.807) is 0 Å². The van der Waals surface area contributed by atoms with Gasteiger partial charge in [-0.25, -0.2) is 9.67 Å². The molecule has 0 atom stereocenters. The molecule has 1 heterocycles. The van der Waals surface area contributed by atoms with Crippen LogP contribution in [0.4, 0.5) is 0 Å². The van der Waals surface area contributed by atoms with Crippen molar-refractivity contribution in [1.29, 1.82) is 5.26 Å². The van der Waals surface area contributed by atoms with Crippen LogP contribution >= 0.6 is 0 Å². The Labute approximate surface area is 129 Å². The third kappa shape index (κ3) is 4.42. The molecule has 114 valence electrons. The van der Waals surface area contributed by atoms with Gasteiger partial charge in [-0.3, -0.25) is 4.79 Å². The summed E-state index contributed by atoms with van der Waals surface area (Å²) >= 11 is 0. The minimum absolute atomic E-state index is 0.0676. The van der Waals surface area contributed by atoms with Crippen LogP contribution in [0.5, 0.6) is 0 Å². The van der Waals surface area contributed by atoms with E-state index in [2.05, 4.69) is 53.5 Å². The van der Waals surface area contributed by atoms with Crippen molar-refractivity contribution < 1.29 is 4.79 Å². The third-order valence-electron chi connectivity index (χ3n) is 3.32. The molecular formula is C16H19N5O. The molecule has 0 aliphatic rings. The van der Waals surface area contributed by atoms with Crippen molar-refractivity contribution in [2.75, 3.05) is 6.54 Å². The van der Waals surface area contributed by atoms with Gasteiger partial charge in [0.1, 0.15) is 18.9 Å². The van der Waals surface area contributed by atoms with Crippen LogP contribution in [0.1, 0.15) is 36.7 Å². The number of nitriles is 1. The van der Waals surface area contributed by atoms with E-state index in [1.807, 2.05) is 6.07 Å². The second-order valence-electron chi connectivity index (χ2n) is 5.37. The van der Waals surface area contributed by atoms with E-state index < -0.39 is 0 Å². The minimum Gasteiger partial charge on any atom is -0.354 e. The molecule has 1 N–H and O–H groups in total. The second kappa shape index (κ2) is 7.36. The SMILES string of the molecule is CC(C)c1ccc(CCNC(=O)Cn2cnc(C#N)n2)cc1. The average molecular weight is 297 g/mol. The number of carbonyl (C=O) groups excluding carboxylic acids is 1. The van der Waals surface area contributed by atoms with E-state index in [0.29, 0.717) is 12.5 Å². The summed E-state index contributed by atoms with van der Waals surface area (Å²) in [4.78, 5) is 15.5. The van der Waals surface area contributed by atoms with Gasteiger partial charge in [0.15, 0.2) is 0 Å². The molecule has 1 aromatic heterocycles. The Hall–Kier alpha value is -2.68. The Morgan fingerprint density at radius 3 is 2.68 bits per heavy atom. The van der Waals surface area contributed by atoms with Crippen molar-refractivity contribution >= 4 is 5.91 Å². The Bertz CT molecular complexity index is 667. The van der Waals surface area contributed by atoms with Gasteiger partial charge in [-0.1, -0.05) is 38.1 Å². The maximum atomic E-state index is 11.8. The fourth-order valence-corrected chi connectivity index (χ4v) is 2.04. The quantitative estimate of drug-likeness (QED) is 0.878. The summed E-state index contributed by atoms with van der Waals surface area (Å²) in [6, 6.07) is 10.3. The molecule has 0 aliphatic heterocycles. The van der Waals surface area contributed by atoms with E-state index in [-0.39, 0.29) is 18.3 Å². The molecule has 0 unspecified atom stereocenters. The molecule has 6 heteroatoms. The monoisotopic (exact) mass is 297 g/mol. The van der Waals surface area contributed by atoms with Gasteiger partial charge in [0, 0.05) is 6.54 Å². The number of carbonyl (C=O) groups is 1. The van der Waals surface area contributed by atoms with Crippen molar-refractivity contribution in [3.63, 3.8) is 0 Å². The van der Waals surface area contributed by atoms with Gasteiger partial charge in [-0.05, 0) is 23.5 Å². The van der Waals surface area contributed by atoms with Crippen LogP contribution in [-0.4, -0.2) is 27.2 Å². The predicted molar refractivity (Wildman–Crippen MR) is 82.0 cm³/mol. The first-order chi connectivity index (χ1) is 10.6. The molecule has 0 fully saturated rings. The summed E-state index contributed by atoms with van der Waals surface area (Å²) in [5, 5.41) is 15.3. The molecule has 0 saturated heterocycles. The highest BCUT2D eigenvalue weighted by molar-refractivity contribution is 5.75. The lowest BCUT2D eigenvalue weighted by Gasteiger charge is -2.08. The number of aromatic nitrogens is 3. The maximum Gasteiger partial charge on any atom is 0.252 e. The van der Waals surface area contributed by atoms with E-state index in [0.717, 1.165) is 6.42 Å². The second-order valence-corrected chi connectivity index (χ2v) is 5.37. The zero-order valence-corrected chi connectivity index (χ0v) is 12.8. The molecule has 1 aromatic carbocycles. The van der Waals surface area contributed by atoms with Crippen LogP contribution in [-0.2, 0) is 17.8 Å². The van der Waals surface area contributed by atoms with E-state index in [9.17, 15) is 4.79 Å². The van der Waals surface area contributed by atoms with Crippen LogP contribution in [0.2, 0.25) is 0 Å². The third-order valence-corrected chi connectivity index (χ3v) is 3.32. The lowest BCUT2D eigenvalue weighted by atomic mass is 10.0. The number of nitrogens with one attached hydrogen (secondary N) is 1. The number of rotatable bonds is 6. The number of hydrogen-bond donors (Lipinski definition) is 1. The predicted octanol–water partition coefficient (Wildman–Crippen LogP) is 1.63. The topological polar surface area (TPSA) is 83.6 Å². The molecule has 2 aromatic rings. The lowest BCUT2D eigenvalue weighted by Crippen LogP contribution is -2.29. The van der Waals surface area contributed by atoms with Crippen molar-refractivity contribution in [3.8, 4) is 6.07 Å². The molecule has 0 saturated carbocycles. The first-order valence-corrected chi connectivity index (χ1v) is 7.23. The molecule has 2 rings (SSSR count). The largest absolute Gasteiger partial charge is 0.354 e. The Balaban J connectivity index is 1.76. The normalized spacial score (nSPS) is 10.5. The van der Waals surface area contributed by atoms with Crippen molar-refractivity contribution in [2.45, 2.75) is 32.7 Å². The maximum absolute atomic E-state index is 11.8. The van der Waals surface area contributed by atoms with Gasteiger partial charge < -0.3 is 5.32 Å². The standard InChI is InChI=1S/C16H19N5O/c1-12(2)14-5-3-13(4-6-14)7-8-18-16(22)10-21-11-19-15(9-17)20-21/h3-6,11-12H,7-8,10H2,1-2H3,(H,18,22). The Morgan fingerprint density at radius 2 is 2.09 bits per heavy atom.